The van der Waals surface area contributed by atoms with Gasteiger partial charge in [-0.15, -0.1) is 0 Å². The predicted molar refractivity (Wildman–Crippen MR) is 144 cm³/mol. The lowest BCUT2D eigenvalue weighted by Crippen LogP contribution is -1.98. The van der Waals surface area contributed by atoms with Gasteiger partial charge in [0.2, 0.25) is 0 Å². The largest absolute Gasteiger partial charge is 0.494 e. The van der Waals surface area contributed by atoms with Crippen LogP contribution in [0.4, 0.5) is 0 Å². The van der Waals surface area contributed by atoms with Crippen LogP contribution in [0, 0.1) is 45.3 Å². The Bertz CT molecular complexity index is 1110. The highest BCUT2D eigenvalue weighted by Crippen LogP contribution is 2.22. The third-order valence-corrected chi connectivity index (χ3v) is 6.10. The van der Waals surface area contributed by atoms with E-state index in [0.717, 1.165) is 48.3 Å². The first kappa shape index (κ1) is 28.7. The van der Waals surface area contributed by atoms with Gasteiger partial charge in [-0.1, -0.05) is 56.4 Å². The normalized spacial score (nSPS) is 9.68. The van der Waals surface area contributed by atoms with E-state index >= 15 is 0 Å². The molecule has 188 valence electrons. The molecule has 6 heteroatoms. The molecule has 0 aliphatic heterocycles. The Morgan fingerprint density at radius 1 is 0.514 bits per heavy atom. The van der Waals surface area contributed by atoms with E-state index in [1.807, 2.05) is 72.8 Å². The molecule has 0 fully saturated rings. The van der Waals surface area contributed by atoms with Crippen LogP contribution in [0.15, 0.2) is 59.7 Å². The molecule has 0 saturated carbocycles. The fourth-order valence-electron chi connectivity index (χ4n) is 3.74. The van der Waals surface area contributed by atoms with Gasteiger partial charge in [-0.25, -0.2) is 0 Å². The topological polar surface area (TPSA) is 114 Å². The molecule has 0 spiro atoms. The molecule has 0 N–H and O–H groups in total. The van der Waals surface area contributed by atoms with Crippen molar-refractivity contribution in [3.63, 3.8) is 0 Å². The number of unbranched alkanes of at least 4 members (excludes halogenated alkanes) is 6. The molecular formula is C31H32N4O2. The second kappa shape index (κ2) is 16.2. The minimum absolute atomic E-state index is 0.129. The van der Waals surface area contributed by atoms with E-state index in [4.69, 9.17) is 30.5 Å². The molecule has 0 aromatic heterocycles. The molecule has 0 aliphatic rings. The third kappa shape index (κ3) is 9.57. The Labute approximate surface area is 220 Å². The van der Waals surface area contributed by atoms with Crippen molar-refractivity contribution >= 4 is 11.1 Å². The van der Waals surface area contributed by atoms with Gasteiger partial charge in [-0.05, 0) is 73.2 Å². The van der Waals surface area contributed by atoms with Gasteiger partial charge >= 0.3 is 0 Å². The molecule has 2 aromatic rings. The predicted octanol–water partition coefficient (Wildman–Crippen LogP) is 7.52. The van der Waals surface area contributed by atoms with Gasteiger partial charge < -0.3 is 9.47 Å². The second-order valence-electron chi connectivity index (χ2n) is 8.67. The number of rotatable bonds is 14. The van der Waals surface area contributed by atoms with E-state index < -0.39 is 0 Å². The van der Waals surface area contributed by atoms with Crippen LogP contribution in [0.5, 0.6) is 11.5 Å². The number of hydrogen-bond acceptors (Lipinski definition) is 6. The first-order chi connectivity index (χ1) is 18.0. The Kier molecular flexibility index (Phi) is 12.6. The molecule has 0 unspecified atom stereocenters. The summed E-state index contributed by atoms with van der Waals surface area (Å²) < 4.78 is 11.6. The molecule has 2 rings (SSSR count). The molecule has 0 heterocycles. The zero-order valence-corrected chi connectivity index (χ0v) is 21.6. The van der Waals surface area contributed by atoms with E-state index in [0.29, 0.717) is 24.4 Å². The number of allylic oxidation sites excluding steroid dienone is 4. The van der Waals surface area contributed by atoms with Gasteiger partial charge in [0.1, 0.15) is 46.9 Å². The van der Waals surface area contributed by atoms with Crippen molar-refractivity contribution in [1.29, 1.82) is 21.0 Å². The highest BCUT2D eigenvalue weighted by atomic mass is 16.5. The second-order valence-corrected chi connectivity index (χ2v) is 8.67. The van der Waals surface area contributed by atoms with Crippen LogP contribution in [0.2, 0.25) is 0 Å². The summed E-state index contributed by atoms with van der Waals surface area (Å²) in [6.45, 7) is 4.89. The SMILES string of the molecule is CC(=C(C#N)C#N)c1ccc(OCCCCCCCCCOc2ccc(C(C)=C(C#N)C#N)cc2)cc1. The van der Waals surface area contributed by atoms with Crippen molar-refractivity contribution in [2.45, 2.75) is 58.8 Å². The van der Waals surface area contributed by atoms with Gasteiger partial charge in [0.05, 0.1) is 13.2 Å². The van der Waals surface area contributed by atoms with E-state index in [-0.39, 0.29) is 11.1 Å². The summed E-state index contributed by atoms with van der Waals surface area (Å²) in [4.78, 5) is 0. The van der Waals surface area contributed by atoms with E-state index in [9.17, 15) is 0 Å². The fourth-order valence-corrected chi connectivity index (χ4v) is 3.74. The zero-order valence-electron chi connectivity index (χ0n) is 21.6. The zero-order chi connectivity index (χ0) is 26.9. The summed E-state index contributed by atoms with van der Waals surface area (Å²) >= 11 is 0. The summed E-state index contributed by atoms with van der Waals surface area (Å²) in [6.07, 6.45) is 7.82. The first-order valence-electron chi connectivity index (χ1n) is 12.5. The van der Waals surface area contributed by atoms with E-state index in [1.165, 1.54) is 19.3 Å². The molecule has 6 nitrogen and oxygen atoms in total. The van der Waals surface area contributed by atoms with Crippen molar-refractivity contribution in [2.24, 2.45) is 0 Å². The van der Waals surface area contributed by atoms with Crippen LogP contribution in [-0.2, 0) is 0 Å². The average molecular weight is 493 g/mol. The van der Waals surface area contributed by atoms with Crippen LogP contribution in [-0.4, -0.2) is 13.2 Å². The highest BCUT2D eigenvalue weighted by molar-refractivity contribution is 5.74. The summed E-state index contributed by atoms with van der Waals surface area (Å²) in [5.74, 6) is 1.59. The fraction of sp³-hybridized carbons (Fsp3) is 0.355. The maximum atomic E-state index is 8.99. The summed E-state index contributed by atoms with van der Waals surface area (Å²) in [7, 11) is 0. The standard InChI is InChI=1S/C31H32N4O2/c1-24(28(20-32)21-33)26-10-14-30(15-11-26)36-18-8-6-4-3-5-7-9-19-37-31-16-12-27(13-17-31)25(2)29(22-34)23-35/h10-17H,3-9,18-19H2,1-2H3. The number of hydrogen-bond donors (Lipinski definition) is 0. The molecule has 37 heavy (non-hydrogen) atoms. The van der Waals surface area contributed by atoms with Crippen molar-refractivity contribution in [1.82, 2.24) is 0 Å². The highest BCUT2D eigenvalue weighted by Gasteiger charge is 2.05. The van der Waals surface area contributed by atoms with Crippen LogP contribution < -0.4 is 9.47 Å². The van der Waals surface area contributed by atoms with E-state index in [1.54, 1.807) is 13.8 Å². The number of nitriles is 4. The van der Waals surface area contributed by atoms with Crippen molar-refractivity contribution in [2.75, 3.05) is 13.2 Å². The Morgan fingerprint density at radius 3 is 1.11 bits per heavy atom. The van der Waals surface area contributed by atoms with Gasteiger partial charge in [0.25, 0.3) is 0 Å². The average Bonchev–Trinajstić information content (AvgIpc) is 2.93. The van der Waals surface area contributed by atoms with Gasteiger partial charge in [-0.2, -0.15) is 21.0 Å². The number of benzene rings is 2. The Morgan fingerprint density at radius 2 is 0.811 bits per heavy atom. The lowest BCUT2D eigenvalue weighted by molar-refractivity contribution is 0.299. The van der Waals surface area contributed by atoms with Crippen molar-refractivity contribution in [3.05, 3.63) is 70.8 Å². The summed E-state index contributed by atoms with van der Waals surface area (Å²) in [6, 6.07) is 22.7. The maximum Gasteiger partial charge on any atom is 0.133 e. The Hall–Kier alpha value is -4.52. The molecule has 0 aliphatic carbocycles. The lowest BCUT2D eigenvalue weighted by Gasteiger charge is -2.08. The van der Waals surface area contributed by atoms with Crippen LogP contribution in [0.3, 0.4) is 0 Å². The smallest absolute Gasteiger partial charge is 0.133 e. The minimum atomic E-state index is 0.129. The molecule has 0 amide bonds. The maximum absolute atomic E-state index is 8.99. The monoisotopic (exact) mass is 492 g/mol. The molecule has 0 radical (unpaired) electrons. The number of ether oxygens (including phenoxy) is 2. The minimum Gasteiger partial charge on any atom is -0.494 e. The van der Waals surface area contributed by atoms with Crippen molar-refractivity contribution < 1.29 is 9.47 Å². The molecule has 2 aromatic carbocycles. The summed E-state index contributed by atoms with van der Waals surface area (Å²) in [5.41, 5.74) is 3.31. The van der Waals surface area contributed by atoms with Crippen LogP contribution in [0.25, 0.3) is 11.1 Å². The van der Waals surface area contributed by atoms with E-state index in [2.05, 4.69) is 0 Å². The van der Waals surface area contributed by atoms with Crippen LogP contribution in [0.1, 0.15) is 69.9 Å². The molecular weight excluding hydrogens is 460 g/mol. The van der Waals surface area contributed by atoms with Gasteiger partial charge in [0, 0.05) is 0 Å². The Balaban J connectivity index is 1.53. The van der Waals surface area contributed by atoms with Crippen LogP contribution >= 0.6 is 0 Å². The molecule has 0 atom stereocenters. The van der Waals surface area contributed by atoms with Crippen molar-refractivity contribution in [3.8, 4) is 35.8 Å². The third-order valence-electron chi connectivity index (χ3n) is 6.10. The molecule has 0 bridgehead atoms. The quantitative estimate of drug-likeness (QED) is 0.199. The molecule has 0 saturated heterocycles. The van der Waals surface area contributed by atoms with Gasteiger partial charge in [0.15, 0.2) is 0 Å². The lowest BCUT2D eigenvalue weighted by atomic mass is 10.0. The van der Waals surface area contributed by atoms with Gasteiger partial charge in [-0.3, -0.25) is 0 Å². The summed E-state index contributed by atoms with van der Waals surface area (Å²) in [5, 5.41) is 35.9. The number of nitrogens with zero attached hydrogens (tertiary/aromatic N) is 4. The first-order valence-corrected chi connectivity index (χ1v) is 12.5.